The summed E-state index contributed by atoms with van der Waals surface area (Å²) in [5, 5.41) is 11.8. The van der Waals surface area contributed by atoms with Crippen molar-refractivity contribution in [2.24, 2.45) is 0 Å². The average molecular weight is 230 g/mol. The van der Waals surface area contributed by atoms with Crippen molar-refractivity contribution in [3.05, 3.63) is 0 Å². The molecule has 2 N–H and O–H groups in total. The molecule has 94 valence electrons. The lowest BCUT2D eigenvalue weighted by Crippen LogP contribution is -2.55. The zero-order valence-electron chi connectivity index (χ0n) is 10.5. The third-order valence-electron chi connectivity index (χ3n) is 2.73. The van der Waals surface area contributed by atoms with Crippen LogP contribution in [0.4, 0.5) is 0 Å². The van der Waals surface area contributed by atoms with Gasteiger partial charge in [-0.1, -0.05) is 0 Å². The molecule has 16 heavy (non-hydrogen) atoms. The van der Waals surface area contributed by atoms with Gasteiger partial charge in [-0.15, -0.1) is 0 Å². The number of hydrogen-bond donors (Lipinski definition) is 2. The Morgan fingerprint density at radius 3 is 2.75 bits per heavy atom. The largest absolute Gasteiger partial charge is 0.480 e. The van der Waals surface area contributed by atoms with Crippen molar-refractivity contribution >= 4 is 5.97 Å². The van der Waals surface area contributed by atoms with E-state index in [4.69, 9.17) is 9.84 Å². The van der Waals surface area contributed by atoms with Crippen LogP contribution in [0.3, 0.4) is 0 Å². The van der Waals surface area contributed by atoms with Crippen molar-refractivity contribution in [2.45, 2.75) is 38.5 Å². The number of hydrogen-bond acceptors (Lipinski definition) is 4. The van der Waals surface area contributed by atoms with Gasteiger partial charge in [-0.2, -0.15) is 0 Å². The van der Waals surface area contributed by atoms with Gasteiger partial charge in [0.05, 0.1) is 11.7 Å². The molecule has 0 spiro atoms. The van der Waals surface area contributed by atoms with E-state index in [0.29, 0.717) is 6.54 Å². The van der Waals surface area contributed by atoms with Gasteiger partial charge < -0.3 is 15.2 Å². The minimum absolute atomic E-state index is 0.148. The molecule has 1 saturated heterocycles. The van der Waals surface area contributed by atoms with Crippen LogP contribution in [-0.4, -0.2) is 60.4 Å². The van der Waals surface area contributed by atoms with Gasteiger partial charge in [-0.05, 0) is 27.8 Å². The molecule has 1 fully saturated rings. The van der Waals surface area contributed by atoms with Crippen LogP contribution in [0.1, 0.15) is 20.8 Å². The summed E-state index contributed by atoms with van der Waals surface area (Å²) in [4.78, 5) is 13.1. The molecule has 0 aromatic carbocycles. The van der Waals surface area contributed by atoms with Crippen LogP contribution in [0.5, 0.6) is 0 Å². The Hall–Kier alpha value is -0.650. The topological polar surface area (TPSA) is 61.8 Å². The molecule has 1 rings (SSSR count). The number of aliphatic carboxylic acids is 1. The fraction of sp³-hybridized carbons (Fsp3) is 0.909. The molecule has 0 aromatic heterocycles. The van der Waals surface area contributed by atoms with E-state index >= 15 is 0 Å². The van der Waals surface area contributed by atoms with E-state index in [1.165, 1.54) is 0 Å². The Kier molecular flexibility index (Phi) is 4.29. The van der Waals surface area contributed by atoms with Crippen molar-refractivity contribution in [2.75, 3.05) is 26.7 Å². The molecule has 2 unspecified atom stereocenters. The van der Waals surface area contributed by atoms with Gasteiger partial charge in [0.25, 0.3) is 0 Å². The number of rotatable bonds is 4. The predicted octanol–water partition coefficient (Wildman–Crippen LogP) is 0.158. The predicted molar refractivity (Wildman–Crippen MR) is 61.5 cm³/mol. The minimum atomic E-state index is -0.806. The van der Waals surface area contributed by atoms with Crippen LogP contribution >= 0.6 is 0 Å². The zero-order chi connectivity index (χ0) is 12.3. The van der Waals surface area contributed by atoms with E-state index in [-0.39, 0.29) is 11.7 Å². The third-order valence-corrected chi connectivity index (χ3v) is 2.73. The highest BCUT2D eigenvalue weighted by Crippen LogP contribution is 2.20. The Bertz CT molecular complexity index is 256. The molecule has 5 nitrogen and oxygen atoms in total. The average Bonchev–Trinajstić information content (AvgIpc) is 2.10. The SMILES string of the molecule is CNC(CN1CC(C)OC(C)(C)C1)C(=O)O. The number of carbonyl (C=O) groups is 1. The number of nitrogens with zero attached hydrogens (tertiary/aromatic N) is 1. The summed E-state index contributed by atoms with van der Waals surface area (Å²) in [7, 11) is 1.67. The number of morpholine rings is 1. The molecule has 1 heterocycles. The van der Waals surface area contributed by atoms with E-state index in [2.05, 4.69) is 10.2 Å². The molecule has 2 atom stereocenters. The molecule has 5 heteroatoms. The number of nitrogens with one attached hydrogen (secondary N) is 1. The molecule has 1 aliphatic rings. The first kappa shape index (κ1) is 13.4. The molecule has 0 aromatic rings. The lowest BCUT2D eigenvalue weighted by Gasteiger charge is -2.42. The fourth-order valence-electron chi connectivity index (χ4n) is 2.28. The highest BCUT2D eigenvalue weighted by atomic mass is 16.5. The summed E-state index contributed by atoms with van der Waals surface area (Å²) in [5.74, 6) is -0.806. The Morgan fingerprint density at radius 2 is 2.31 bits per heavy atom. The summed E-state index contributed by atoms with van der Waals surface area (Å²) in [6, 6.07) is -0.513. The van der Waals surface area contributed by atoms with Crippen molar-refractivity contribution in [1.29, 1.82) is 0 Å². The van der Waals surface area contributed by atoms with Crippen molar-refractivity contribution in [3.63, 3.8) is 0 Å². The third kappa shape index (κ3) is 3.73. The van der Waals surface area contributed by atoms with E-state index in [9.17, 15) is 4.79 Å². The van der Waals surface area contributed by atoms with Crippen LogP contribution < -0.4 is 5.32 Å². The van der Waals surface area contributed by atoms with Crippen LogP contribution in [0.2, 0.25) is 0 Å². The first-order valence-corrected chi connectivity index (χ1v) is 5.64. The number of carboxylic acid groups (broad SMARTS) is 1. The Labute approximate surface area is 96.8 Å². The van der Waals surface area contributed by atoms with Gasteiger partial charge in [-0.25, -0.2) is 0 Å². The van der Waals surface area contributed by atoms with Gasteiger partial charge in [0.2, 0.25) is 0 Å². The maximum absolute atomic E-state index is 10.9. The van der Waals surface area contributed by atoms with Gasteiger partial charge in [0, 0.05) is 19.6 Å². The summed E-state index contributed by atoms with van der Waals surface area (Å²) in [6.07, 6.45) is 0.148. The van der Waals surface area contributed by atoms with E-state index in [1.54, 1.807) is 7.05 Å². The number of carboxylic acids is 1. The lowest BCUT2D eigenvalue weighted by molar-refractivity contribution is -0.145. The zero-order valence-corrected chi connectivity index (χ0v) is 10.5. The summed E-state index contributed by atoms with van der Waals surface area (Å²) in [6.45, 7) is 8.15. The molecule has 1 aliphatic heterocycles. The molecule has 0 aliphatic carbocycles. The summed E-state index contributed by atoms with van der Waals surface area (Å²) >= 11 is 0. The van der Waals surface area contributed by atoms with Crippen molar-refractivity contribution < 1.29 is 14.6 Å². The number of likely N-dealkylation sites (N-methyl/N-ethyl adjacent to an activating group) is 1. The number of ether oxygens (including phenoxy) is 1. The second-order valence-electron chi connectivity index (χ2n) is 5.06. The van der Waals surface area contributed by atoms with Gasteiger partial charge in [0.1, 0.15) is 6.04 Å². The van der Waals surface area contributed by atoms with E-state index < -0.39 is 12.0 Å². The quantitative estimate of drug-likeness (QED) is 0.720. The second kappa shape index (κ2) is 5.12. The monoisotopic (exact) mass is 230 g/mol. The van der Waals surface area contributed by atoms with Gasteiger partial charge in [-0.3, -0.25) is 9.69 Å². The molecular formula is C11H22N2O3. The standard InChI is InChI=1S/C11H22N2O3/c1-8-5-13(7-11(2,3)16-8)6-9(12-4)10(14)15/h8-9,12H,5-7H2,1-4H3,(H,14,15). The van der Waals surface area contributed by atoms with Crippen molar-refractivity contribution in [1.82, 2.24) is 10.2 Å². The molecular weight excluding hydrogens is 208 g/mol. The maximum Gasteiger partial charge on any atom is 0.322 e. The fourth-order valence-corrected chi connectivity index (χ4v) is 2.28. The van der Waals surface area contributed by atoms with Crippen LogP contribution in [-0.2, 0) is 9.53 Å². The smallest absolute Gasteiger partial charge is 0.322 e. The molecule has 0 radical (unpaired) electrons. The summed E-state index contributed by atoms with van der Waals surface area (Å²) in [5.41, 5.74) is -0.200. The highest BCUT2D eigenvalue weighted by molar-refractivity contribution is 5.73. The van der Waals surface area contributed by atoms with Gasteiger partial charge in [0.15, 0.2) is 0 Å². The minimum Gasteiger partial charge on any atom is -0.480 e. The van der Waals surface area contributed by atoms with E-state index in [0.717, 1.165) is 13.1 Å². The lowest BCUT2D eigenvalue weighted by atomic mass is 10.0. The van der Waals surface area contributed by atoms with E-state index in [1.807, 2.05) is 20.8 Å². The van der Waals surface area contributed by atoms with Crippen LogP contribution in [0.25, 0.3) is 0 Å². The second-order valence-corrected chi connectivity index (χ2v) is 5.06. The normalized spacial score (nSPS) is 27.6. The Morgan fingerprint density at radius 1 is 1.69 bits per heavy atom. The first-order valence-electron chi connectivity index (χ1n) is 5.64. The Balaban J connectivity index is 2.56. The van der Waals surface area contributed by atoms with Crippen LogP contribution in [0, 0.1) is 0 Å². The van der Waals surface area contributed by atoms with Crippen LogP contribution in [0.15, 0.2) is 0 Å². The van der Waals surface area contributed by atoms with Crippen molar-refractivity contribution in [3.8, 4) is 0 Å². The van der Waals surface area contributed by atoms with Gasteiger partial charge >= 0.3 is 5.97 Å². The maximum atomic E-state index is 10.9. The molecule has 0 saturated carbocycles. The summed E-state index contributed by atoms with van der Waals surface area (Å²) < 4.78 is 5.77. The molecule has 0 amide bonds. The molecule has 0 bridgehead atoms. The first-order chi connectivity index (χ1) is 7.34. The highest BCUT2D eigenvalue weighted by Gasteiger charge is 2.33.